The van der Waals surface area contributed by atoms with Crippen molar-refractivity contribution >= 4 is 16.2 Å². The Kier molecular flexibility index (Phi) is 7.34. The number of ether oxygens (including phenoxy) is 2. The van der Waals surface area contributed by atoms with Crippen molar-refractivity contribution in [3.05, 3.63) is 29.3 Å². The van der Waals surface area contributed by atoms with Crippen molar-refractivity contribution in [3.63, 3.8) is 0 Å². The van der Waals surface area contributed by atoms with E-state index in [1.54, 1.807) is 27.7 Å². The largest absolute Gasteiger partial charge is 0.488 e. The maximum Gasteiger partial charge on any atom is 0.407 e. The number of nitrogens with one attached hydrogen (secondary N) is 1. The molecule has 0 radical (unpaired) electrons. The molecule has 1 aromatic rings. The zero-order valence-corrected chi connectivity index (χ0v) is 16.1. The van der Waals surface area contributed by atoms with Crippen LogP contribution >= 0.6 is 0 Å². The van der Waals surface area contributed by atoms with Crippen molar-refractivity contribution < 1.29 is 35.6 Å². The van der Waals surface area contributed by atoms with E-state index in [0.717, 1.165) is 12.3 Å². The van der Waals surface area contributed by atoms with E-state index in [-0.39, 0.29) is 17.9 Å². The van der Waals surface area contributed by atoms with Crippen molar-refractivity contribution in [2.75, 3.05) is 12.9 Å². The van der Waals surface area contributed by atoms with Crippen molar-refractivity contribution in [2.45, 2.75) is 45.9 Å². The van der Waals surface area contributed by atoms with E-state index in [4.69, 9.17) is 9.47 Å². The minimum Gasteiger partial charge on any atom is -0.488 e. The fourth-order valence-corrected chi connectivity index (χ4v) is 2.15. The van der Waals surface area contributed by atoms with Gasteiger partial charge in [0.1, 0.15) is 18.0 Å². The summed E-state index contributed by atoms with van der Waals surface area (Å²) in [6, 6.07) is 0.957. The Morgan fingerprint density at radius 3 is 2.42 bits per heavy atom. The van der Waals surface area contributed by atoms with Gasteiger partial charge in [0.25, 0.3) is 10.1 Å². The van der Waals surface area contributed by atoms with Crippen molar-refractivity contribution in [1.82, 2.24) is 5.32 Å². The molecule has 0 aliphatic heterocycles. The van der Waals surface area contributed by atoms with Gasteiger partial charge in [-0.1, -0.05) is 0 Å². The molecule has 1 aromatic carbocycles. The van der Waals surface area contributed by atoms with Crippen LogP contribution in [0.15, 0.2) is 12.1 Å². The predicted molar refractivity (Wildman–Crippen MR) is 90.3 cm³/mol. The van der Waals surface area contributed by atoms with E-state index in [0.29, 0.717) is 6.07 Å². The van der Waals surface area contributed by atoms with Gasteiger partial charge in [-0.3, -0.25) is 4.18 Å². The van der Waals surface area contributed by atoms with E-state index in [2.05, 4.69) is 9.50 Å². The summed E-state index contributed by atoms with van der Waals surface area (Å²) < 4.78 is 64.5. The molecular weight excluding hydrogens is 372 g/mol. The second-order valence-electron chi connectivity index (χ2n) is 6.70. The molecule has 148 valence electrons. The van der Waals surface area contributed by atoms with Crippen LogP contribution in [0.3, 0.4) is 0 Å². The van der Waals surface area contributed by atoms with E-state index in [9.17, 15) is 22.0 Å². The van der Waals surface area contributed by atoms with Crippen LogP contribution in [0.5, 0.6) is 5.75 Å². The Bertz CT molecular complexity index is 746. The smallest absolute Gasteiger partial charge is 0.407 e. The van der Waals surface area contributed by atoms with Crippen LogP contribution in [0.4, 0.5) is 13.6 Å². The zero-order valence-electron chi connectivity index (χ0n) is 15.3. The Morgan fingerprint density at radius 2 is 1.88 bits per heavy atom. The van der Waals surface area contributed by atoms with Crippen LogP contribution in [0.25, 0.3) is 0 Å². The molecule has 10 heteroatoms. The maximum atomic E-state index is 14.0. The molecule has 7 nitrogen and oxygen atoms in total. The normalized spacial score (nSPS) is 13.2. The van der Waals surface area contributed by atoms with Gasteiger partial charge in [-0.05, 0) is 33.8 Å². The number of rotatable bonds is 7. The first-order chi connectivity index (χ1) is 11.8. The van der Waals surface area contributed by atoms with Crippen LogP contribution < -0.4 is 10.1 Å². The first-order valence-electron chi connectivity index (χ1n) is 7.71. The van der Waals surface area contributed by atoms with E-state index < -0.39 is 46.1 Å². The molecule has 0 fully saturated rings. The third-order valence-corrected chi connectivity index (χ3v) is 3.30. The van der Waals surface area contributed by atoms with Crippen molar-refractivity contribution in [2.24, 2.45) is 0 Å². The highest BCUT2D eigenvalue weighted by molar-refractivity contribution is 7.85. The molecule has 0 heterocycles. The number of carbonyl (C=O) groups is 1. The molecule has 1 amide bonds. The van der Waals surface area contributed by atoms with Crippen LogP contribution in [-0.4, -0.2) is 39.0 Å². The van der Waals surface area contributed by atoms with E-state index in [1.165, 1.54) is 0 Å². The highest BCUT2D eigenvalue weighted by Crippen LogP contribution is 2.26. The summed E-state index contributed by atoms with van der Waals surface area (Å²) in [5.74, 6) is -2.27. The summed E-state index contributed by atoms with van der Waals surface area (Å²) in [7, 11) is -3.80. The third kappa shape index (κ3) is 8.43. The van der Waals surface area contributed by atoms with Gasteiger partial charge in [0.05, 0.1) is 18.9 Å². The molecule has 0 aromatic heterocycles. The highest BCUT2D eigenvalue weighted by atomic mass is 32.2. The molecule has 0 unspecified atom stereocenters. The lowest BCUT2D eigenvalue weighted by Crippen LogP contribution is -2.40. The molecule has 0 spiro atoms. The Morgan fingerprint density at radius 1 is 1.27 bits per heavy atom. The predicted octanol–water partition coefficient (Wildman–Crippen LogP) is 2.73. The number of hydrogen-bond donors (Lipinski definition) is 1. The quantitative estimate of drug-likeness (QED) is 0.714. The minimum absolute atomic E-state index is 0.114. The molecule has 0 bridgehead atoms. The molecule has 1 N–H and O–H groups in total. The minimum atomic E-state index is -3.80. The monoisotopic (exact) mass is 395 g/mol. The number of halogens is 2. The van der Waals surface area contributed by atoms with E-state index in [1.807, 2.05) is 0 Å². The first kappa shape index (κ1) is 22.1. The second kappa shape index (κ2) is 8.63. The summed E-state index contributed by atoms with van der Waals surface area (Å²) >= 11 is 0. The lowest BCUT2D eigenvalue weighted by molar-refractivity contribution is 0.0493. The lowest BCUT2D eigenvalue weighted by atomic mass is 10.2. The van der Waals surface area contributed by atoms with Crippen LogP contribution in [0.2, 0.25) is 0 Å². The summed E-state index contributed by atoms with van der Waals surface area (Å²) in [6.45, 7) is 5.96. The van der Waals surface area contributed by atoms with Gasteiger partial charge in [0.15, 0.2) is 11.6 Å². The lowest BCUT2D eigenvalue weighted by Gasteiger charge is -2.22. The SMILES string of the molecule is C[C@H](COc1c(F)cc(F)cc1COS(C)(=O)=O)NC(=O)OC(C)(C)C. The second-order valence-corrected chi connectivity index (χ2v) is 8.34. The van der Waals surface area contributed by atoms with Crippen LogP contribution in [0, 0.1) is 11.6 Å². The number of hydrogen-bond acceptors (Lipinski definition) is 6. The van der Waals surface area contributed by atoms with Gasteiger partial charge in [0, 0.05) is 11.6 Å². The number of benzene rings is 1. The number of amides is 1. The van der Waals surface area contributed by atoms with Gasteiger partial charge in [0.2, 0.25) is 0 Å². The molecule has 0 saturated carbocycles. The van der Waals surface area contributed by atoms with E-state index >= 15 is 0 Å². The number of alkyl carbamates (subject to hydrolysis) is 1. The molecule has 0 aliphatic carbocycles. The van der Waals surface area contributed by atoms with Crippen LogP contribution in [-0.2, 0) is 25.6 Å². The van der Waals surface area contributed by atoms with Gasteiger partial charge in [-0.2, -0.15) is 8.42 Å². The summed E-state index contributed by atoms with van der Waals surface area (Å²) in [6.07, 6.45) is 0.143. The first-order valence-corrected chi connectivity index (χ1v) is 9.53. The average Bonchev–Trinajstić information content (AvgIpc) is 2.40. The van der Waals surface area contributed by atoms with Crippen molar-refractivity contribution in [1.29, 1.82) is 0 Å². The molecule has 1 rings (SSSR count). The molecular formula is C16H23F2NO6S. The summed E-state index contributed by atoms with van der Waals surface area (Å²) in [4.78, 5) is 11.7. The van der Waals surface area contributed by atoms with Gasteiger partial charge < -0.3 is 14.8 Å². The summed E-state index contributed by atoms with van der Waals surface area (Å²) in [5, 5.41) is 2.50. The van der Waals surface area contributed by atoms with Gasteiger partial charge in [-0.15, -0.1) is 0 Å². The summed E-state index contributed by atoms with van der Waals surface area (Å²) in [5.41, 5.74) is -0.790. The molecule has 0 aliphatic rings. The zero-order chi connectivity index (χ0) is 20.1. The standard InChI is InChI=1S/C16H23F2NO6S/c1-10(19-15(20)25-16(2,3)4)8-23-14-11(9-24-26(5,21)22)6-12(17)7-13(14)18/h6-7,10H,8-9H2,1-5H3,(H,19,20)/t10-/m1/s1. The third-order valence-electron chi connectivity index (χ3n) is 2.75. The fourth-order valence-electron chi connectivity index (χ4n) is 1.81. The Labute approximate surface area is 151 Å². The van der Waals surface area contributed by atoms with Crippen LogP contribution in [0.1, 0.15) is 33.3 Å². The highest BCUT2D eigenvalue weighted by Gasteiger charge is 2.19. The number of carbonyl (C=O) groups excluding carboxylic acids is 1. The maximum absolute atomic E-state index is 14.0. The van der Waals surface area contributed by atoms with Crippen molar-refractivity contribution in [3.8, 4) is 5.75 Å². The molecule has 0 saturated heterocycles. The molecule has 26 heavy (non-hydrogen) atoms. The fraction of sp³-hybridized carbons (Fsp3) is 0.562. The molecule has 1 atom stereocenters. The average molecular weight is 395 g/mol. The Hall–Kier alpha value is -1.94. The van der Waals surface area contributed by atoms with Gasteiger partial charge >= 0.3 is 6.09 Å². The Balaban J connectivity index is 2.78. The van der Waals surface area contributed by atoms with Gasteiger partial charge in [-0.25, -0.2) is 13.6 Å². The topological polar surface area (TPSA) is 90.9 Å².